The first-order chi connectivity index (χ1) is 15.0. The van der Waals surface area contributed by atoms with Crippen LogP contribution in [0.3, 0.4) is 0 Å². The first-order valence-corrected chi connectivity index (χ1v) is 10.2. The lowest BCUT2D eigenvalue weighted by Gasteiger charge is -2.26. The smallest absolute Gasteiger partial charge is 0.245 e. The van der Waals surface area contributed by atoms with Crippen molar-refractivity contribution in [2.24, 2.45) is 5.73 Å². The van der Waals surface area contributed by atoms with Crippen molar-refractivity contribution in [3.05, 3.63) is 96.1 Å². The molecule has 0 radical (unpaired) electrons. The summed E-state index contributed by atoms with van der Waals surface area (Å²) in [6.45, 7) is 0.397. The highest BCUT2D eigenvalue weighted by Crippen LogP contribution is 2.09. The molecule has 160 valence electrons. The van der Waals surface area contributed by atoms with Crippen molar-refractivity contribution in [3.63, 3.8) is 0 Å². The van der Waals surface area contributed by atoms with Gasteiger partial charge in [0.25, 0.3) is 0 Å². The minimum atomic E-state index is -0.801. The Hall–Kier alpha value is -3.58. The van der Waals surface area contributed by atoms with Gasteiger partial charge in [0.15, 0.2) is 0 Å². The number of benzene rings is 1. The first-order valence-electron chi connectivity index (χ1n) is 10.2. The van der Waals surface area contributed by atoms with Crippen molar-refractivity contribution in [3.8, 4) is 0 Å². The Morgan fingerprint density at radius 1 is 0.968 bits per heavy atom. The molecular formula is C24H27N5O2. The van der Waals surface area contributed by atoms with E-state index in [1.54, 1.807) is 30.5 Å². The number of aromatic nitrogens is 2. The molecule has 0 saturated carbocycles. The topological polar surface area (TPSA) is 101 Å². The third-order valence-electron chi connectivity index (χ3n) is 4.91. The number of pyridine rings is 2. The molecule has 0 aliphatic carbocycles. The maximum atomic E-state index is 13.2. The quantitative estimate of drug-likeness (QED) is 0.552. The van der Waals surface area contributed by atoms with Crippen LogP contribution < -0.4 is 11.1 Å². The fourth-order valence-electron chi connectivity index (χ4n) is 3.27. The van der Waals surface area contributed by atoms with Gasteiger partial charge in [-0.05, 0) is 29.3 Å². The highest BCUT2D eigenvalue weighted by atomic mass is 16.2. The first kappa shape index (κ1) is 22.1. The molecule has 2 aromatic heterocycles. The van der Waals surface area contributed by atoms with Gasteiger partial charge in [0.2, 0.25) is 11.8 Å². The number of amides is 2. The number of hydrogen-bond acceptors (Lipinski definition) is 5. The molecule has 3 aromatic rings. The van der Waals surface area contributed by atoms with Crippen molar-refractivity contribution >= 4 is 11.8 Å². The van der Waals surface area contributed by atoms with Crippen LogP contribution in [0.15, 0.2) is 79.3 Å². The Morgan fingerprint density at radius 2 is 1.71 bits per heavy atom. The second-order valence-electron chi connectivity index (χ2n) is 7.44. The van der Waals surface area contributed by atoms with E-state index in [2.05, 4.69) is 15.3 Å². The number of hydrogen-bond donors (Lipinski definition) is 2. The van der Waals surface area contributed by atoms with Crippen LogP contribution in [0.2, 0.25) is 0 Å². The summed E-state index contributed by atoms with van der Waals surface area (Å²) in [5.41, 5.74) is 8.70. The van der Waals surface area contributed by atoms with Crippen LogP contribution in [-0.2, 0) is 29.0 Å². The van der Waals surface area contributed by atoms with Gasteiger partial charge in [-0.3, -0.25) is 19.6 Å². The van der Waals surface area contributed by atoms with Crippen LogP contribution in [0.1, 0.15) is 16.8 Å². The molecule has 0 aliphatic heterocycles. The van der Waals surface area contributed by atoms with Gasteiger partial charge in [0.1, 0.15) is 6.04 Å². The predicted molar refractivity (Wildman–Crippen MR) is 119 cm³/mol. The summed E-state index contributed by atoms with van der Waals surface area (Å²) in [4.78, 5) is 35.9. The highest BCUT2D eigenvalue weighted by Gasteiger charge is 2.27. The molecule has 7 nitrogen and oxygen atoms in total. The van der Waals surface area contributed by atoms with Gasteiger partial charge in [-0.1, -0.05) is 42.5 Å². The molecule has 7 heteroatoms. The van der Waals surface area contributed by atoms with E-state index in [9.17, 15) is 9.59 Å². The van der Waals surface area contributed by atoms with Gasteiger partial charge in [0, 0.05) is 50.7 Å². The predicted octanol–water partition coefficient (Wildman–Crippen LogP) is 1.73. The Kier molecular flexibility index (Phi) is 7.84. The van der Waals surface area contributed by atoms with Gasteiger partial charge in [-0.15, -0.1) is 0 Å². The van der Waals surface area contributed by atoms with Gasteiger partial charge in [0.05, 0.1) is 6.04 Å². The van der Waals surface area contributed by atoms with Crippen molar-refractivity contribution in [2.75, 3.05) is 7.05 Å². The number of rotatable bonds is 9. The van der Waals surface area contributed by atoms with Crippen LogP contribution in [0.5, 0.6) is 0 Å². The molecule has 0 spiro atoms. The molecule has 1 aromatic carbocycles. The molecule has 3 N–H and O–H groups in total. The lowest BCUT2D eigenvalue weighted by Crippen LogP contribution is -2.53. The lowest BCUT2D eigenvalue weighted by atomic mass is 10.0. The second-order valence-corrected chi connectivity index (χ2v) is 7.44. The zero-order valence-corrected chi connectivity index (χ0v) is 17.5. The highest BCUT2D eigenvalue weighted by molar-refractivity contribution is 5.90. The molecule has 3 rings (SSSR count). The van der Waals surface area contributed by atoms with E-state index in [1.807, 2.05) is 60.7 Å². The molecule has 0 bridgehead atoms. The van der Waals surface area contributed by atoms with Crippen molar-refractivity contribution in [1.82, 2.24) is 20.2 Å². The van der Waals surface area contributed by atoms with Crippen LogP contribution >= 0.6 is 0 Å². The molecule has 31 heavy (non-hydrogen) atoms. The molecule has 2 amide bonds. The molecule has 0 saturated heterocycles. The van der Waals surface area contributed by atoms with Crippen LogP contribution in [-0.4, -0.2) is 45.8 Å². The lowest BCUT2D eigenvalue weighted by molar-refractivity contribution is -0.136. The normalized spacial score (nSPS) is 12.6. The fraction of sp³-hybridized carbons (Fsp3) is 0.250. The minimum Gasteiger partial charge on any atom is -0.343 e. The molecular weight excluding hydrogens is 390 g/mol. The largest absolute Gasteiger partial charge is 0.343 e. The molecule has 2 heterocycles. The Labute approximate surface area is 182 Å². The third kappa shape index (κ3) is 6.72. The molecule has 0 aliphatic rings. The standard InChI is InChI=1S/C24H27N5O2/c1-29(17-19-10-7-12-26-16-19)24(31)22(14-18-8-3-2-4-9-18)28-23(30)21(25)15-20-11-5-6-13-27-20/h2-13,16,21-22H,14-15,17,25H2,1H3,(H,28,30)/t21?,22-/m0/s1. The maximum Gasteiger partial charge on any atom is 0.245 e. The fourth-order valence-corrected chi connectivity index (χ4v) is 3.27. The van der Waals surface area contributed by atoms with E-state index in [4.69, 9.17) is 5.73 Å². The van der Waals surface area contributed by atoms with Gasteiger partial charge < -0.3 is 16.0 Å². The number of likely N-dealkylation sites (N-methyl/N-ethyl adjacent to an activating group) is 1. The van der Waals surface area contributed by atoms with E-state index in [0.29, 0.717) is 19.4 Å². The van der Waals surface area contributed by atoms with Crippen molar-refractivity contribution < 1.29 is 9.59 Å². The molecule has 2 atom stereocenters. The Bertz CT molecular complexity index is 967. The Morgan fingerprint density at radius 3 is 2.39 bits per heavy atom. The average Bonchev–Trinajstić information content (AvgIpc) is 2.80. The van der Waals surface area contributed by atoms with E-state index in [0.717, 1.165) is 16.8 Å². The number of carbonyl (C=O) groups excluding carboxylic acids is 2. The molecule has 1 unspecified atom stereocenters. The number of carbonyl (C=O) groups is 2. The van der Waals surface area contributed by atoms with Crippen LogP contribution in [0.4, 0.5) is 0 Å². The van der Waals surface area contributed by atoms with Crippen molar-refractivity contribution in [1.29, 1.82) is 0 Å². The molecule has 0 fully saturated rings. The van der Waals surface area contributed by atoms with Gasteiger partial charge >= 0.3 is 0 Å². The monoisotopic (exact) mass is 417 g/mol. The zero-order valence-electron chi connectivity index (χ0n) is 17.5. The second kappa shape index (κ2) is 11.0. The number of nitrogens with two attached hydrogens (primary N) is 1. The minimum absolute atomic E-state index is 0.189. The average molecular weight is 418 g/mol. The summed E-state index contributed by atoms with van der Waals surface area (Å²) in [7, 11) is 1.72. The van der Waals surface area contributed by atoms with E-state index in [1.165, 1.54) is 0 Å². The maximum absolute atomic E-state index is 13.2. The van der Waals surface area contributed by atoms with Crippen molar-refractivity contribution in [2.45, 2.75) is 31.5 Å². The third-order valence-corrected chi connectivity index (χ3v) is 4.91. The van der Waals surface area contributed by atoms with Crippen LogP contribution in [0.25, 0.3) is 0 Å². The van der Waals surface area contributed by atoms with E-state index >= 15 is 0 Å². The van der Waals surface area contributed by atoms with E-state index < -0.39 is 12.1 Å². The van der Waals surface area contributed by atoms with E-state index in [-0.39, 0.29) is 11.8 Å². The summed E-state index contributed by atoms with van der Waals surface area (Å²) in [6, 6.07) is 17.3. The zero-order chi connectivity index (χ0) is 22.1. The summed E-state index contributed by atoms with van der Waals surface area (Å²) in [6.07, 6.45) is 5.74. The number of nitrogens with one attached hydrogen (secondary N) is 1. The summed E-state index contributed by atoms with van der Waals surface area (Å²) in [5, 5.41) is 2.85. The summed E-state index contributed by atoms with van der Waals surface area (Å²) >= 11 is 0. The van der Waals surface area contributed by atoms with Crippen LogP contribution in [0, 0.1) is 0 Å². The SMILES string of the molecule is CN(Cc1cccnc1)C(=O)[C@H](Cc1ccccc1)NC(=O)C(N)Cc1ccccn1. The van der Waals surface area contributed by atoms with Gasteiger partial charge in [-0.25, -0.2) is 0 Å². The summed E-state index contributed by atoms with van der Waals surface area (Å²) in [5.74, 6) is -0.569. The summed E-state index contributed by atoms with van der Waals surface area (Å²) < 4.78 is 0. The van der Waals surface area contributed by atoms with Gasteiger partial charge in [-0.2, -0.15) is 0 Å². The Balaban J connectivity index is 1.70. The number of nitrogens with zero attached hydrogens (tertiary/aromatic N) is 3.